The number of rotatable bonds is 8. The number of sulfonamides is 1. The van der Waals surface area contributed by atoms with Gasteiger partial charge in [0, 0.05) is 25.7 Å². The maximum absolute atomic E-state index is 13.1. The molecule has 0 bridgehead atoms. The summed E-state index contributed by atoms with van der Waals surface area (Å²) in [5.74, 6) is -0.434. The molecule has 2 aromatic carbocycles. The number of hydrogen-bond donors (Lipinski definition) is 0. The summed E-state index contributed by atoms with van der Waals surface area (Å²) in [6.07, 6.45) is 4.65. The topological polar surface area (TPSA) is 66.9 Å². The van der Waals surface area contributed by atoms with Crippen molar-refractivity contribution in [3.05, 3.63) is 54.1 Å². The first-order valence-corrected chi connectivity index (χ1v) is 13.9. The number of piperidine rings is 1. The van der Waals surface area contributed by atoms with Gasteiger partial charge in [0.2, 0.25) is 10.0 Å². The second-order valence-electron chi connectivity index (χ2n) is 9.43. The first-order valence-electron chi connectivity index (χ1n) is 12.5. The van der Waals surface area contributed by atoms with Crippen LogP contribution in [0.3, 0.4) is 0 Å². The molecule has 0 aliphatic carbocycles. The fraction of sp³-hybridized carbons (Fsp3) is 0.519. The third-order valence-electron chi connectivity index (χ3n) is 7.23. The highest BCUT2D eigenvalue weighted by Gasteiger charge is 2.32. The minimum Gasteiger partial charge on any atom is -0.466 e. The molecule has 4 rings (SSSR count). The highest BCUT2D eigenvalue weighted by atomic mass is 35.5. The number of ether oxygens (including phenoxy) is 1. The van der Waals surface area contributed by atoms with Crippen LogP contribution >= 0.6 is 12.4 Å². The number of benzene rings is 2. The fourth-order valence-electron chi connectivity index (χ4n) is 5.02. The predicted molar refractivity (Wildman–Crippen MR) is 141 cm³/mol. The van der Waals surface area contributed by atoms with E-state index in [0.29, 0.717) is 43.5 Å². The van der Waals surface area contributed by atoms with Crippen LogP contribution in [-0.2, 0) is 26.0 Å². The van der Waals surface area contributed by atoms with Gasteiger partial charge in [-0.1, -0.05) is 36.4 Å². The standard InChI is InChI=1S/C27H36N2O4S.ClH/c1-3-33-27(30)25-15-19-29(20-16-25)34(31,32)26-12-10-24(11-13-26)23-8-6-22(7-9-23)14-18-28-17-4-5-21(28)2;/h6-13,21,25H,3-5,14-20H2,1-2H3;1H/t21-;/m1./s1. The molecule has 0 radical (unpaired) electrons. The third-order valence-corrected chi connectivity index (χ3v) is 9.14. The fourth-order valence-corrected chi connectivity index (χ4v) is 6.49. The van der Waals surface area contributed by atoms with Gasteiger partial charge in [-0.3, -0.25) is 4.79 Å². The molecule has 35 heavy (non-hydrogen) atoms. The van der Waals surface area contributed by atoms with Crippen LogP contribution in [0, 0.1) is 5.92 Å². The van der Waals surface area contributed by atoms with Gasteiger partial charge in [0.25, 0.3) is 0 Å². The van der Waals surface area contributed by atoms with Crippen LogP contribution in [-0.4, -0.2) is 62.4 Å². The SMILES string of the molecule is CCOC(=O)C1CCN(S(=O)(=O)c2ccc(-c3ccc(CCN4CCC[C@H]4C)cc3)cc2)CC1.Cl. The van der Waals surface area contributed by atoms with Crippen molar-refractivity contribution >= 4 is 28.4 Å². The smallest absolute Gasteiger partial charge is 0.309 e. The summed E-state index contributed by atoms with van der Waals surface area (Å²) in [5.41, 5.74) is 3.41. The summed E-state index contributed by atoms with van der Waals surface area (Å²) >= 11 is 0. The third kappa shape index (κ3) is 6.64. The first kappa shape index (κ1) is 27.7. The van der Waals surface area contributed by atoms with Gasteiger partial charge in [-0.05, 0) is 81.3 Å². The van der Waals surface area contributed by atoms with Crippen LogP contribution < -0.4 is 0 Å². The van der Waals surface area contributed by atoms with E-state index in [2.05, 4.69) is 36.1 Å². The summed E-state index contributed by atoms with van der Waals surface area (Å²) in [4.78, 5) is 14.8. The van der Waals surface area contributed by atoms with Gasteiger partial charge in [-0.25, -0.2) is 8.42 Å². The van der Waals surface area contributed by atoms with E-state index in [1.165, 1.54) is 29.3 Å². The Morgan fingerprint density at radius 1 is 0.943 bits per heavy atom. The van der Waals surface area contributed by atoms with Gasteiger partial charge >= 0.3 is 5.97 Å². The van der Waals surface area contributed by atoms with Crippen LogP contribution in [0.2, 0.25) is 0 Å². The van der Waals surface area contributed by atoms with Gasteiger partial charge in [0.15, 0.2) is 0 Å². The number of carbonyl (C=O) groups excluding carboxylic acids is 1. The Labute approximate surface area is 216 Å². The van der Waals surface area contributed by atoms with Gasteiger partial charge in [0.05, 0.1) is 17.4 Å². The summed E-state index contributed by atoms with van der Waals surface area (Å²) < 4.78 is 32.7. The lowest BCUT2D eigenvalue weighted by Crippen LogP contribution is -2.40. The molecule has 2 fully saturated rings. The van der Waals surface area contributed by atoms with E-state index in [1.54, 1.807) is 19.1 Å². The second kappa shape index (κ2) is 12.3. The molecule has 0 N–H and O–H groups in total. The quantitative estimate of drug-likeness (QED) is 0.469. The Morgan fingerprint density at radius 3 is 2.09 bits per heavy atom. The molecule has 0 spiro atoms. The molecule has 192 valence electrons. The molecule has 2 saturated heterocycles. The molecule has 0 unspecified atom stereocenters. The Hall–Kier alpha value is -1.93. The maximum atomic E-state index is 13.1. The summed E-state index contributed by atoms with van der Waals surface area (Å²) in [6, 6.07) is 16.4. The normalized spacial score (nSPS) is 19.9. The van der Waals surface area contributed by atoms with Crippen molar-refractivity contribution in [2.75, 3.05) is 32.8 Å². The number of nitrogens with zero attached hydrogens (tertiary/aromatic N) is 2. The molecule has 6 nitrogen and oxygen atoms in total. The average molecular weight is 521 g/mol. The van der Waals surface area contributed by atoms with Crippen molar-refractivity contribution in [1.82, 2.24) is 9.21 Å². The van der Waals surface area contributed by atoms with Crippen molar-refractivity contribution in [3.63, 3.8) is 0 Å². The van der Waals surface area contributed by atoms with Crippen LogP contribution in [0.15, 0.2) is 53.4 Å². The summed E-state index contributed by atoms with van der Waals surface area (Å²) in [6.45, 7) is 7.43. The van der Waals surface area contributed by atoms with E-state index < -0.39 is 10.0 Å². The highest BCUT2D eigenvalue weighted by molar-refractivity contribution is 7.89. The first-order chi connectivity index (χ1) is 16.4. The zero-order chi connectivity index (χ0) is 24.1. The lowest BCUT2D eigenvalue weighted by molar-refractivity contribution is -0.149. The van der Waals surface area contributed by atoms with E-state index in [1.807, 2.05) is 12.1 Å². The molecular formula is C27H37ClN2O4S. The van der Waals surface area contributed by atoms with E-state index >= 15 is 0 Å². The molecule has 0 amide bonds. The number of likely N-dealkylation sites (tertiary alicyclic amines) is 1. The van der Waals surface area contributed by atoms with Gasteiger partial charge < -0.3 is 9.64 Å². The number of carbonyl (C=O) groups is 1. The van der Waals surface area contributed by atoms with Gasteiger partial charge in [-0.15, -0.1) is 12.4 Å². The second-order valence-corrected chi connectivity index (χ2v) is 11.4. The Balaban J connectivity index is 0.00000342. The largest absolute Gasteiger partial charge is 0.466 e. The van der Waals surface area contributed by atoms with Crippen LogP contribution in [0.1, 0.15) is 45.1 Å². The van der Waals surface area contributed by atoms with Crippen LogP contribution in [0.25, 0.3) is 11.1 Å². The highest BCUT2D eigenvalue weighted by Crippen LogP contribution is 2.27. The Morgan fingerprint density at radius 2 is 1.54 bits per heavy atom. The van der Waals surface area contributed by atoms with E-state index in [4.69, 9.17) is 4.74 Å². The molecule has 0 aromatic heterocycles. The number of esters is 1. The van der Waals surface area contributed by atoms with Crippen molar-refractivity contribution in [2.45, 2.75) is 56.9 Å². The van der Waals surface area contributed by atoms with Crippen LogP contribution in [0.5, 0.6) is 0 Å². The summed E-state index contributed by atoms with van der Waals surface area (Å²) in [5, 5.41) is 0. The molecule has 2 aliphatic rings. The van der Waals surface area contributed by atoms with Crippen molar-refractivity contribution in [3.8, 4) is 11.1 Å². The monoisotopic (exact) mass is 520 g/mol. The van der Waals surface area contributed by atoms with Crippen LogP contribution in [0.4, 0.5) is 0 Å². The number of hydrogen-bond acceptors (Lipinski definition) is 5. The molecule has 2 heterocycles. The minimum absolute atomic E-state index is 0. The zero-order valence-electron chi connectivity index (χ0n) is 20.7. The lowest BCUT2D eigenvalue weighted by Gasteiger charge is -2.30. The van der Waals surface area contributed by atoms with Gasteiger partial charge in [-0.2, -0.15) is 4.31 Å². The molecule has 0 saturated carbocycles. The Kier molecular flexibility index (Phi) is 9.76. The molecule has 1 atom stereocenters. The maximum Gasteiger partial charge on any atom is 0.309 e. The van der Waals surface area contributed by atoms with E-state index in [0.717, 1.165) is 24.1 Å². The van der Waals surface area contributed by atoms with Crippen molar-refractivity contribution in [2.24, 2.45) is 5.92 Å². The Bertz CT molecular complexity index is 1070. The van der Waals surface area contributed by atoms with Crippen molar-refractivity contribution in [1.29, 1.82) is 0 Å². The van der Waals surface area contributed by atoms with Crippen molar-refractivity contribution < 1.29 is 17.9 Å². The predicted octanol–water partition coefficient (Wildman–Crippen LogP) is 4.77. The van der Waals surface area contributed by atoms with E-state index in [-0.39, 0.29) is 24.3 Å². The zero-order valence-corrected chi connectivity index (χ0v) is 22.3. The molecule has 2 aliphatic heterocycles. The minimum atomic E-state index is -3.57. The number of halogens is 1. The molecule has 8 heteroatoms. The van der Waals surface area contributed by atoms with Gasteiger partial charge in [0.1, 0.15) is 0 Å². The molecule has 2 aromatic rings. The van der Waals surface area contributed by atoms with E-state index in [9.17, 15) is 13.2 Å². The average Bonchev–Trinajstić information content (AvgIpc) is 3.28. The molecular weight excluding hydrogens is 484 g/mol. The lowest BCUT2D eigenvalue weighted by atomic mass is 9.98. The summed E-state index contributed by atoms with van der Waals surface area (Å²) in [7, 11) is -3.57.